The van der Waals surface area contributed by atoms with Crippen molar-refractivity contribution in [1.29, 1.82) is 0 Å². The lowest BCUT2D eigenvalue weighted by atomic mass is 10.1. The average molecular weight is 362 g/mol. The van der Waals surface area contributed by atoms with Crippen LogP contribution in [0.2, 0.25) is 18.1 Å². The molecule has 0 aliphatic heterocycles. The standard InChI is InChI=1S/C15H31N3O5Si/c1-14(2,3)22-13(21)18-9(11(16)19)10(12(17)20)23-24(7,8)15(4,5)6/h9-10H,1-8H3,(H2,16,19)(H2,17,20)(H,18,21)/t9-,10?/m1/s1. The Kier molecular flexibility index (Phi) is 7.01. The van der Waals surface area contributed by atoms with Gasteiger partial charge in [0, 0.05) is 0 Å². The van der Waals surface area contributed by atoms with Crippen molar-refractivity contribution < 1.29 is 23.5 Å². The molecule has 0 aliphatic rings. The number of rotatable bonds is 6. The highest BCUT2D eigenvalue weighted by Gasteiger charge is 2.44. The van der Waals surface area contributed by atoms with Crippen molar-refractivity contribution in [2.24, 2.45) is 11.5 Å². The summed E-state index contributed by atoms with van der Waals surface area (Å²) in [5.74, 6) is -1.80. The number of alkyl carbamates (subject to hydrolysis) is 1. The maximum absolute atomic E-state index is 11.9. The maximum atomic E-state index is 11.9. The van der Waals surface area contributed by atoms with Gasteiger partial charge in [-0.1, -0.05) is 20.8 Å². The van der Waals surface area contributed by atoms with Crippen LogP contribution in [0.15, 0.2) is 0 Å². The molecule has 0 aliphatic carbocycles. The van der Waals surface area contributed by atoms with Crippen molar-refractivity contribution in [3.05, 3.63) is 0 Å². The Balaban J connectivity index is 5.45. The highest BCUT2D eigenvalue weighted by molar-refractivity contribution is 6.74. The van der Waals surface area contributed by atoms with Crippen LogP contribution < -0.4 is 16.8 Å². The van der Waals surface area contributed by atoms with Gasteiger partial charge in [-0.05, 0) is 38.9 Å². The van der Waals surface area contributed by atoms with E-state index in [0.717, 1.165) is 0 Å². The molecule has 0 aromatic rings. The molecule has 0 radical (unpaired) electrons. The van der Waals surface area contributed by atoms with E-state index in [1.807, 2.05) is 33.9 Å². The van der Waals surface area contributed by atoms with Crippen LogP contribution in [-0.2, 0) is 18.8 Å². The predicted octanol–water partition coefficient (Wildman–Crippen LogP) is 1.24. The number of nitrogens with one attached hydrogen (secondary N) is 1. The highest BCUT2D eigenvalue weighted by Crippen LogP contribution is 2.37. The molecule has 0 rings (SSSR count). The third kappa shape index (κ3) is 6.87. The van der Waals surface area contributed by atoms with E-state index >= 15 is 0 Å². The fourth-order valence-corrected chi connectivity index (χ4v) is 2.76. The van der Waals surface area contributed by atoms with Crippen LogP contribution in [-0.4, -0.2) is 44.0 Å². The van der Waals surface area contributed by atoms with Crippen molar-refractivity contribution in [3.63, 3.8) is 0 Å². The largest absolute Gasteiger partial charge is 0.444 e. The first-order valence-electron chi connectivity index (χ1n) is 7.74. The third-order valence-corrected chi connectivity index (χ3v) is 8.25. The Bertz CT molecular complexity index is 494. The topological polar surface area (TPSA) is 134 Å². The average Bonchev–Trinajstić information content (AvgIpc) is 2.29. The minimum absolute atomic E-state index is 0.227. The van der Waals surface area contributed by atoms with E-state index in [1.54, 1.807) is 20.8 Å². The number of hydrogen-bond donors (Lipinski definition) is 3. The van der Waals surface area contributed by atoms with Crippen LogP contribution >= 0.6 is 0 Å². The lowest BCUT2D eigenvalue weighted by Crippen LogP contribution is -2.61. The number of primary amides is 2. The molecule has 5 N–H and O–H groups in total. The molecule has 0 fully saturated rings. The summed E-state index contributed by atoms with van der Waals surface area (Å²) in [5, 5.41) is 2.06. The Morgan fingerprint density at radius 3 is 1.71 bits per heavy atom. The van der Waals surface area contributed by atoms with Crippen LogP contribution in [0.5, 0.6) is 0 Å². The molecular weight excluding hydrogens is 330 g/mol. The van der Waals surface area contributed by atoms with Gasteiger partial charge in [-0.2, -0.15) is 0 Å². The summed E-state index contributed by atoms with van der Waals surface area (Å²) < 4.78 is 11.0. The quantitative estimate of drug-likeness (QED) is 0.612. The van der Waals surface area contributed by atoms with E-state index in [2.05, 4.69) is 5.32 Å². The number of hydrogen-bond acceptors (Lipinski definition) is 5. The normalized spacial score (nSPS) is 15.3. The second kappa shape index (κ2) is 7.52. The Labute approximate surface area is 144 Å². The van der Waals surface area contributed by atoms with E-state index in [-0.39, 0.29) is 5.04 Å². The minimum Gasteiger partial charge on any atom is -0.444 e. The maximum Gasteiger partial charge on any atom is 0.408 e. The lowest BCUT2D eigenvalue weighted by Gasteiger charge is -2.39. The molecule has 24 heavy (non-hydrogen) atoms. The third-order valence-electron chi connectivity index (χ3n) is 3.79. The Morgan fingerprint density at radius 1 is 0.958 bits per heavy atom. The van der Waals surface area contributed by atoms with Crippen LogP contribution in [0.25, 0.3) is 0 Å². The molecular formula is C15H31N3O5Si. The van der Waals surface area contributed by atoms with Crippen molar-refractivity contribution in [2.75, 3.05) is 0 Å². The summed E-state index contributed by atoms with van der Waals surface area (Å²) in [6.45, 7) is 14.7. The molecule has 3 amide bonds. The van der Waals surface area contributed by atoms with Gasteiger partial charge < -0.3 is 25.9 Å². The number of nitrogens with two attached hydrogens (primary N) is 2. The SMILES string of the molecule is CC(C)(C)OC(=O)N[C@@H](C(N)=O)C(O[Si](C)(C)C(C)(C)C)C(N)=O. The molecule has 0 saturated heterocycles. The van der Waals surface area contributed by atoms with E-state index in [4.69, 9.17) is 20.6 Å². The van der Waals surface area contributed by atoms with Gasteiger partial charge >= 0.3 is 6.09 Å². The Hall–Kier alpha value is -1.61. The number of amides is 3. The van der Waals surface area contributed by atoms with Crippen LogP contribution in [0, 0.1) is 0 Å². The molecule has 2 atom stereocenters. The smallest absolute Gasteiger partial charge is 0.408 e. The van der Waals surface area contributed by atoms with E-state index in [9.17, 15) is 14.4 Å². The molecule has 0 spiro atoms. The first-order chi connectivity index (χ1) is 10.5. The first-order valence-corrected chi connectivity index (χ1v) is 10.6. The van der Waals surface area contributed by atoms with E-state index in [1.165, 1.54) is 0 Å². The minimum atomic E-state index is -2.44. The predicted molar refractivity (Wildman–Crippen MR) is 93.6 cm³/mol. The molecule has 8 nitrogen and oxygen atoms in total. The summed E-state index contributed by atoms with van der Waals surface area (Å²) >= 11 is 0. The molecule has 0 heterocycles. The molecule has 0 bridgehead atoms. The van der Waals surface area contributed by atoms with Crippen LogP contribution in [0.4, 0.5) is 4.79 Å². The highest BCUT2D eigenvalue weighted by atomic mass is 28.4. The Morgan fingerprint density at radius 2 is 1.42 bits per heavy atom. The lowest BCUT2D eigenvalue weighted by molar-refractivity contribution is -0.132. The van der Waals surface area contributed by atoms with Gasteiger partial charge in [-0.3, -0.25) is 9.59 Å². The molecule has 140 valence electrons. The first kappa shape index (κ1) is 22.4. The second-order valence-corrected chi connectivity index (χ2v) is 13.0. The van der Waals surface area contributed by atoms with Gasteiger partial charge in [0.05, 0.1) is 0 Å². The van der Waals surface area contributed by atoms with Gasteiger partial charge in [0.2, 0.25) is 11.8 Å². The van der Waals surface area contributed by atoms with Crippen LogP contribution in [0.1, 0.15) is 41.5 Å². The number of ether oxygens (including phenoxy) is 1. The number of carbonyl (C=O) groups excluding carboxylic acids is 3. The second-order valence-electron chi connectivity index (χ2n) is 8.23. The molecule has 9 heteroatoms. The van der Waals surface area contributed by atoms with Gasteiger partial charge in [0.15, 0.2) is 14.4 Å². The van der Waals surface area contributed by atoms with Crippen molar-refractivity contribution in [2.45, 2.75) is 77.4 Å². The number of carbonyl (C=O) groups is 3. The summed E-state index contributed by atoms with van der Waals surface area (Å²) in [6.07, 6.45) is -2.24. The van der Waals surface area contributed by atoms with Gasteiger partial charge in [-0.25, -0.2) is 4.79 Å². The summed E-state index contributed by atoms with van der Waals surface area (Å²) in [7, 11) is -2.44. The fourth-order valence-electron chi connectivity index (χ4n) is 1.52. The molecule has 0 saturated carbocycles. The van der Waals surface area contributed by atoms with Crippen LogP contribution in [0.3, 0.4) is 0 Å². The van der Waals surface area contributed by atoms with Crippen molar-refractivity contribution in [3.8, 4) is 0 Å². The van der Waals surface area contributed by atoms with Gasteiger partial charge in [0.1, 0.15) is 11.6 Å². The van der Waals surface area contributed by atoms with E-state index in [0.29, 0.717) is 0 Å². The van der Waals surface area contributed by atoms with Crippen molar-refractivity contribution >= 4 is 26.2 Å². The van der Waals surface area contributed by atoms with Crippen molar-refractivity contribution in [1.82, 2.24) is 5.32 Å². The summed E-state index contributed by atoms with van der Waals surface area (Å²) in [5.41, 5.74) is 9.95. The summed E-state index contributed by atoms with van der Waals surface area (Å²) in [4.78, 5) is 35.5. The molecule has 1 unspecified atom stereocenters. The van der Waals surface area contributed by atoms with Gasteiger partial charge in [-0.15, -0.1) is 0 Å². The molecule has 0 aromatic carbocycles. The molecule has 0 aromatic heterocycles. The van der Waals surface area contributed by atoms with E-state index < -0.39 is 44.0 Å². The van der Waals surface area contributed by atoms with Gasteiger partial charge in [0.25, 0.3) is 0 Å². The monoisotopic (exact) mass is 361 g/mol. The zero-order chi connectivity index (χ0) is 19.5. The zero-order valence-corrected chi connectivity index (χ0v) is 16.9. The summed E-state index contributed by atoms with van der Waals surface area (Å²) in [6, 6.07) is -1.41. The fraction of sp³-hybridized carbons (Fsp3) is 0.800. The zero-order valence-electron chi connectivity index (χ0n) is 15.9.